The summed E-state index contributed by atoms with van der Waals surface area (Å²) in [5.74, 6) is -2.03. The Morgan fingerprint density at radius 1 is 1.29 bits per heavy atom. The molecule has 1 saturated heterocycles. The lowest BCUT2D eigenvalue weighted by atomic mass is 10.1. The van der Waals surface area contributed by atoms with E-state index < -0.39 is 17.3 Å². The number of thioether (sulfide) groups is 1. The normalized spacial score (nSPS) is 20.2. The van der Waals surface area contributed by atoms with Crippen LogP contribution >= 0.6 is 11.8 Å². The van der Waals surface area contributed by atoms with Crippen LogP contribution in [0.3, 0.4) is 0 Å². The van der Waals surface area contributed by atoms with Crippen LogP contribution in [-0.2, 0) is 24.0 Å². The second-order valence-corrected chi connectivity index (χ2v) is 7.05. The number of hydrogen-bond donors (Lipinski definition) is 1. The molecule has 1 unspecified atom stereocenters. The number of nitrogens with zero attached hydrogens (tertiary/aromatic N) is 2. The second kappa shape index (κ2) is 7.72. The number of β-lactam (4-membered cyclic amide) rings is 1. The van der Waals surface area contributed by atoms with Crippen molar-refractivity contribution in [2.45, 2.75) is 24.1 Å². The highest BCUT2D eigenvalue weighted by Crippen LogP contribution is 2.45. The summed E-state index contributed by atoms with van der Waals surface area (Å²) in [6.45, 7) is 1.56. The number of benzene rings is 1. The predicted molar refractivity (Wildman–Crippen MR) is 95.3 cm³/mol. The number of rotatable bonds is 7. The van der Waals surface area contributed by atoms with E-state index in [-0.39, 0.29) is 53.4 Å². The molecule has 0 radical (unpaired) electrons. The van der Waals surface area contributed by atoms with Crippen molar-refractivity contribution in [3.63, 3.8) is 0 Å². The van der Waals surface area contributed by atoms with Crippen LogP contribution in [0.2, 0.25) is 0 Å². The highest BCUT2D eigenvalue weighted by molar-refractivity contribution is 8.01. The van der Waals surface area contributed by atoms with E-state index in [1.807, 2.05) is 0 Å². The average molecular weight is 406 g/mol. The first-order valence-corrected chi connectivity index (χ1v) is 8.87. The number of amides is 2. The van der Waals surface area contributed by atoms with Gasteiger partial charge in [0.15, 0.2) is 5.75 Å². The maximum absolute atomic E-state index is 12.4. The van der Waals surface area contributed by atoms with Gasteiger partial charge in [-0.05, 0) is 12.1 Å². The van der Waals surface area contributed by atoms with Crippen LogP contribution in [0.15, 0.2) is 30.0 Å². The van der Waals surface area contributed by atoms with Crippen LogP contribution < -0.4 is 14.4 Å². The third-order valence-corrected chi connectivity index (χ3v) is 5.58. The van der Waals surface area contributed by atoms with Gasteiger partial charge in [0, 0.05) is 19.2 Å². The van der Waals surface area contributed by atoms with Gasteiger partial charge >= 0.3 is 5.97 Å². The smallest absolute Gasteiger partial charge is 0.336 e. The molecule has 0 aromatic heterocycles. The molecular formula is C17H14N2O8S. The Balaban J connectivity index is 2.07. The largest absolute Gasteiger partial charge is 0.478 e. The van der Waals surface area contributed by atoms with Gasteiger partial charge in [0.1, 0.15) is 11.1 Å². The standard InChI is InChI=1S/C17H14N2O8S/c1-9(22)19(12-3-2-10(26-7-20)4-13(12)27-8-21)16-11(17(24)25)6-18-14(23)5-15(18)28-16/h2-4,6-8,15-16H,5H2,1H3,(H,24,25)/t15-,16?/m1/s1. The van der Waals surface area contributed by atoms with E-state index in [4.69, 9.17) is 9.47 Å². The molecule has 2 aliphatic rings. The SMILES string of the molecule is CC(=O)N(c1ccc(OC=O)cc1OC=O)C1S[C@@H]2CC(=O)N2C=C1C(=O)O. The minimum Gasteiger partial charge on any atom is -0.478 e. The van der Waals surface area contributed by atoms with Crippen molar-refractivity contribution in [1.82, 2.24) is 4.90 Å². The van der Waals surface area contributed by atoms with Crippen molar-refractivity contribution in [2.24, 2.45) is 0 Å². The molecule has 2 atom stereocenters. The van der Waals surface area contributed by atoms with Crippen LogP contribution in [0.1, 0.15) is 13.3 Å². The van der Waals surface area contributed by atoms with Gasteiger partial charge in [-0.15, -0.1) is 11.8 Å². The van der Waals surface area contributed by atoms with Crippen molar-refractivity contribution in [2.75, 3.05) is 4.90 Å². The molecule has 10 nitrogen and oxygen atoms in total. The first-order chi connectivity index (χ1) is 13.4. The third kappa shape index (κ3) is 3.43. The Morgan fingerprint density at radius 3 is 2.57 bits per heavy atom. The molecule has 1 aromatic rings. The fraction of sp³-hybridized carbons (Fsp3) is 0.235. The van der Waals surface area contributed by atoms with Gasteiger partial charge in [0.2, 0.25) is 11.8 Å². The van der Waals surface area contributed by atoms with Crippen molar-refractivity contribution in [3.05, 3.63) is 30.0 Å². The van der Waals surface area contributed by atoms with Crippen molar-refractivity contribution in [3.8, 4) is 11.5 Å². The van der Waals surface area contributed by atoms with Crippen LogP contribution in [0.5, 0.6) is 11.5 Å². The summed E-state index contributed by atoms with van der Waals surface area (Å²) in [7, 11) is 0. The van der Waals surface area contributed by atoms with Crippen molar-refractivity contribution in [1.29, 1.82) is 0 Å². The molecule has 0 aliphatic carbocycles. The first kappa shape index (κ1) is 19.4. The monoisotopic (exact) mass is 406 g/mol. The quantitative estimate of drug-likeness (QED) is 0.514. The molecular weight excluding hydrogens is 392 g/mol. The maximum Gasteiger partial charge on any atom is 0.336 e. The second-order valence-electron chi connectivity index (χ2n) is 5.78. The molecule has 1 N–H and O–H groups in total. The maximum atomic E-state index is 12.4. The van der Waals surface area contributed by atoms with E-state index in [1.165, 1.54) is 36.2 Å². The average Bonchev–Trinajstić information content (AvgIpc) is 2.63. The topological polar surface area (TPSA) is 131 Å². The zero-order valence-corrected chi connectivity index (χ0v) is 15.3. The molecule has 28 heavy (non-hydrogen) atoms. The summed E-state index contributed by atoms with van der Waals surface area (Å²) in [4.78, 5) is 59.7. The Hall–Kier alpha value is -3.34. The van der Waals surface area contributed by atoms with E-state index >= 15 is 0 Å². The van der Waals surface area contributed by atoms with Gasteiger partial charge in [-0.3, -0.25) is 24.1 Å². The Morgan fingerprint density at radius 2 is 2.00 bits per heavy atom. The number of hydrogen-bond acceptors (Lipinski definition) is 8. The third-order valence-electron chi connectivity index (χ3n) is 4.15. The van der Waals surface area contributed by atoms with Gasteiger partial charge in [0.25, 0.3) is 12.9 Å². The Labute approximate surface area is 162 Å². The van der Waals surface area contributed by atoms with E-state index in [2.05, 4.69) is 0 Å². The van der Waals surface area contributed by atoms with E-state index in [0.717, 1.165) is 16.7 Å². The number of carbonyl (C=O) groups excluding carboxylic acids is 4. The van der Waals surface area contributed by atoms with Crippen LogP contribution in [0.25, 0.3) is 0 Å². The van der Waals surface area contributed by atoms with E-state index in [9.17, 15) is 29.1 Å². The molecule has 1 aromatic carbocycles. The fourth-order valence-corrected chi connectivity index (χ4v) is 4.43. The first-order valence-electron chi connectivity index (χ1n) is 7.93. The number of fused-ring (bicyclic) bond motifs is 1. The van der Waals surface area contributed by atoms with Gasteiger partial charge in [0.05, 0.1) is 23.1 Å². The summed E-state index contributed by atoms with van der Waals surface area (Å²) in [5.41, 5.74) is -0.0589. The van der Waals surface area contributed by atoms with E-state index in [0.29, 0.717) is 0 Å². The van der Waals surface area contributed by atoms with Gasteiger partial charge in [-0.1, -0.05) is 0 Å². The number of ether oxygens (including phenoxy) is 2. The van der Waals surface area contributed by atoms with Gasteiger partial charge in [-0.25, -0.2) is 4.79 Å². The van der Waals surface area contributed by atoms with Crippen LogP contribution in [0.4, 0.5) is 5.69 Å². The molecule has 0 bridgehead atoms. The fourth-order valence-electron chi connectivity index (χ4n) is 2.90. The summed E-state index contributed by atoms with van der Waals surface area (Å²) in [5, 5.41) is 8.33. The lowest BCUT2D eigenvalue weighted by Crippen LogP contribution is -2.54. The summed E-state index contributed by atoms with van der Waals surface area (Å²) < 4.78 is 9.62. The molecule has 2 aliphatic heterocycles. The highest BCUT2D eigenvalue weighted by Gasteiger charge is 2.46. The minimum atomic E-state index is -1.29. The zero-order valence-electron chi connectivity index (χ0n) is 14.4. The predicted octanol–water partition coefficient (Wildman–Crippen LogP) is 0.710. The molecule has 11 heteroatoms. The lowest BCUT2D eigenvalue weighted by Gasteiger charge is -2.45. The van der Waals surface area contributed by atoms with Gasteiger partial charge in [-0.2, -0.15) is 0 Å². The Kier molecular flexibility index (Phi) is 5.36. The molecule has 3 rings (SSSR count). The molecule has 1 fully saturated rings. The molecule has 0 saturated carbocycles. The number of anilines is 1. The van der Waals surface area contributed by atoms with Crippen LogP contribution in [-0.4, -0.2) is 51.5 Å². The number of carboxylic acid groups (broad SMARTS) is 1. The Bertz CT molecular complexity index is 899. The lowest BCUT2D eigenvalue weighted by molar-refractivity contribution is -0.138. The molecule has 2 heterocycles. The van der Waals surface area contributed by atoms with Crippen LogP contribution in [0, 0.1) is 0 Å². The number of aliphatic carboxylic acids is 1. The molecule has 2 amide bonds. The summed E-state index contributed by atoms with van der Waals surface area (Å²) in [6, 6.07) is 3.97. The van der Waals surface area contributed by atoms with Crippen molar-refractivity contribution < 1.29 is 38.6 Å². The minimum absolute atomic E-state index is 0.0696. The van der Waals surface area contributed by atoms with E-state index in [1.54, 1.807) is 0 Å². The highest BCUT2D eigenvalue weighted by atomic mass is 32.2. The molecule has 146 valence electrons. The zero-order chi connectivity index (χ0) is 20.4. The van der Waals surface area contributed by atoms with Crippen molar-refractivity contribution >= 4 is 48.2 Å². The number of carbonyl (C=O) groups is 5. The number of carboxylic acids is 1. The summed E-state index contributed by atoms with van der Waals surface area (Å²) >= 11 is 1.12. The van der Waals surface area contributed by atoms with Gasteiger partial charge < -0.3 is 19.5 Å². The summed E-state index contributed by atoms with van der Waals surface area (Å²) in [6.07, 6.45) is 1.44. The molecule has 0 spiro atoms.